The number of aromatic nitrogens is 3. The van der Waals surface area contributed by atoms with Gasteiger partial charge in [-0.3, -0.25) is 9.59 Å². The van der Waals surface area contributed by atoms with Crippen LogP contribution < -0.4 is 10.1 Å². The summed E-state index contributed by atoms with van der Waals surface area (Å²) in [6.07, 6.45) is 0. The van der Waals surface area contributed by atoms with Gasteiger partial charge in [-0.15, -0.1) is 10.2 Å². The first-order valence-electron chi connectivity index (χ1n) is 10.7. The quantitative estimate of drug-likeness (QED) is 0.272. The van der Waals surface area contributed by atoms with Gasteiger partial charge in [0.05, 0.1) is 29.5 Å². The first kappa shape index (κ1) is 26.1. The fourth-order valence-electron chi connectivity index (χ4n) is 3.35. The molecule has 1 amide bonds. The molecule has 0 bridgehead atoms. The Morgan fingerprint density at radius 1 is 1.12 bits per heavy atom. The molecule has 34 heavy (non-hydrogen) atoms. The molecule has 7 nitrogen and oxygen atoms in total. The van der Waals surface area contributed by atoms with Crippen LogP contribution >= 0.6 is 35.0 Å². The SMILES string of the molecule is CCn1c(SCC(=O)c2ccc(OC)cc2)nnc1[C@@H](NC(=O)c1ccc(Cl)cc1Cl)C(C)C. The summed E-state index contributed by atoms with van der Waals surface area (Å²) < 4.78 is 7.06. The molecule has 1 atom stereocenters. The molecule has 1 heterocycles. The average molecular weight is 521 g/mol. The van der Waals surface area contributed by atoms with Crippen molar-refractivity contribution in [2.45, 2.75) is 38.5 Å². The molecule has 3 aromatic rings. The van der Waals surface area contributed by atoms with Crippen molar-refractivity contribution in [1.29, 1.82) is 0 Å². The maximum atomic E-state index is 12.9. The smallest absolute Gasteiger partial charge is 0.253 e. The Bertz CT molecular complexity index is 1170. The van der Waals surface area contributed by atoms with Gasteiger partial charge in [0.2, 0.25) is 0 Å². The summed E-state index contributed by atoms with van der Waals surface area (Å²) in [4.78, 5) is 25.6. The largest absolute Gasteiger partial charge is 0.497 e. The number of halogens is 2. The van der Waals surface area contributed by atoms with Crippen LogP contribution in [0, 0.1) is 5.92 Å². The van der Waals surface area contributed by atoms with Crippen LogP contribution in [0.4, 0.5) is 0 Å². The van der Waals surface area contributed by atoms with Crippen LogP contribution in [-0.2, 0) is 6.54 Å². The lowest BCUT2D eigenvalue weighted by Crippen LogP contribution is -2.34. The molecule has 10 heteroatoms. The third kappa shape index (κ3) is 6.11. The van der Waals surface area contributed by atoms with E-state index in [9.17, 15) is 9.59 Å². The minimum absolute atomic E-state index is 0.0223. The highest BCUT2D eigenvalue weighted by atomic mass is 35.5. The third-order valence-corrected chi connectivity index (χ3v) is 6.73. The first-order valence-corrected chi connectivity index (χ1v) is 12.5. The Hall–Kier alpha value is -2.55. The minimum Gasteiger partial charge on any atom is -0.497 e. The van der Waals surface area contributed by atoms with E-state index < -0.39 is 6.04 Å². The fraction of sp³-hybridized carbons (Fsp3) is 0.333. The first-order chi connectivity index (χ1) is 16.2. The van der Waals surface area contributed by atoms with E-state index >= 15 is 0 Å². The van der Waals surface area contributed by atoms with E-state index in [4.69, 9.17) is 27.9 Å². The molecular formula is C24H26Cl2N4O3S. The van der Waals surface area contributed by atoms with Gasteiger partial charge in [-0.2, -0.15) is 0 Å². The van der Waals surface area contributed by atoms with Crippen molar-refractivity contribution in [2.24, 2.45) is 5.92 Å². The van der Waals surface area contributed by atoms with Crippen LogP contribution in [0.3, 0.4) is 0 Å². The van der Waals surface area contributed by atoms with Gasteiger partial charge in [0, 0.05) is 17.1 Å². The number of ether oxygens (including phenoxy) is 1. The summed E-state index contributed by atoms with van der Waals surface area (Å²) in [5, 5.41) is 13.0. The molecule has 0 fully saturated rings. The zero-order valence-corrected chi connectivity index (χ0v) is 21.7. The van der Waals surface area contributed by atoms with E-state index in [2.05, 4.69) is 15.5 Å². The predicted molar refractivity (Wildman–Crippen MR) is 135 cm³/mol. The lowest BCUT2D eigenvalue weighted by Gasteiger charge is -2.22. The number of hydrogen-bond acceptors (Lipinski definition) is 6. The van der Waals surface area contributed by atoms with Crippen molar-refractivity contribution >= 4 is 46.7 Å². The summed E-state index contributed by atoms with van der Waals surface area (Å²) in [6.45, 7) is 6.53. The molecule has 180 valence electrons. The van der Waals surface area contributed by atoms with E-state index in [-0.39, 0.29) is 28.4 Å². The number of rotatable bonds is 10. The Balaban J connectivity index is 1.76. The lowest BCUT2D eigenvalue weighted by molar-refractivity contribution is 0.0921. The predicted octanol–water partition coefficient (Wildman–Crippen LogP) is 5.72. The second kappa shape index (κ2) is 11.7. The molecule has 0 saturated heterocycles. The molecule has 0 saturated carbocycles. The van der Waals surface area contributed by atoms with Gasteiger partial charge < -0.3 is 14.6 Å². The number of nitrogens with one attached hydrogen (secondary N) is 1. The second-order valence-electron chi connectivity index (χ2n) is 7.84. The highest BCUT2D eigenvalue weighted by Crippen LogP contribution is 2.27. The van der Waals surface area contributed by atoms with Crippen LogP contribution in [0.2, 0.25) is 10.0 Å². The lowest BCUT2D eigenvalue weighted by atomic mass is 10.0. The van der Waals surface area contributed by atoms with Crippen LogP contribution in [0.5, 0.6) is 5.75 Å². The van der Waals surface area contributed by atoms with Crippen LogP contribution in [0.15, 0.2) is 47.6 Å². The van der Waals surface area contributed by atoms with Crippen molar-refractivity contribution in [2.75, 3.05) is 12.9 Å². The summed E-state index contributed by atoms with van der Waals surface area (Å²) in [7, 11) is 1.58. The Labute approximate surface area is 213 Å². The van der Waals surface area contributed by atoms with E-state index in [0.717, 1.165) is 0 Å². The Kier molecular flexibility index (Phi) is 8.99. The van der Waals surface area contributed by atoms with Crippen LogP contribution in [0.1, 0.15) is 53.4 Å². The van der Waals surface area contributed by atoms with Gasteiger partial charge >= 0.3 is 0 Å². The monoisotopic (exact) mass is 520 g/mol. The number of hydrogen-bond donors (Lipinski definition) is 1. The molecule has 0 spiro atoms. The van der Waals surface area contributed by atoms with Crippen molar-refractivity contribution in [3.8, 4) is 5.75 Å². The molecule has 0 aliphatic rings. The van der Waals surface area contributed by atoms with Crippen molar-refractivity contribution < 1.29 is 14.3 Å². The van der Waals surface area contributed by atoms with Crippen molar-refractivity contribution in [3.05, 3.63) is 69.5 Å². The number of ketones is 1. The van der Waals surface area contributed by atoms with Gasteiger partial charge in [0.25, 0.3) is 5.91 Å². The number of benzene rings is 2. The number of amides is 1. The molecule has 0 radical (unpaired) electrons. The normalized spacial score (nSPS) is 12.0. The zero-order valence-electron chi connectivity index (χ0n) is 19.3. The van der Waals surface area contributed by atoms with Gasteiger partial charge in [-0.1, -0.05) is 48.8 Å². The minimum atomic E-state index is -0.404. The number of Topliss-reactive ketones (excluding diaryl/α,β-unsaturated/α-hetero) is 1. The fourth-order valence-corrected chi connectivity index (χ4v) is 4.74. The Morgan fingerprint density at radius 2 is 1.82 bits per heavy atom. The third-order valence-electron chi connectivity index (χ3n) is 5.21. The van der Waals surface area contributed by atoms with E-state index in [1.54, 1.807) is 43.5 Å². The Morgan fingerprint density at radius 3 is 2.41 bits per heavy atom. The maximum absolute atomic E-state index is 12.9. The number of carbonyl (C=O) groups is 2. The summed E-state index contributed by atoms with van der Waals surface area (Å²) in [6, 6.07) is 11.3. The molecule has 0 unspecified atom stereocenters. The molecule has 0 aliphatic heterocycles. The number of carbonyl (C=O) groups excluding carboxylic acids is 2. The maximum Gasteiger partial charge on any atom is 0.253 e. The summed E-state index contributed by atoms with van der Waals surface area (Å²) >= 11 is 13.5. The van der Waals surface area contributed by atoms with E-state index in [1.807, 2.05) is 25.3 Å². The average Bonchev–Trinajstić information content (AvgIpc) is 3.23. The zero-order chi connectivity index (χ0) is 24.8. The second-order valence-corrected chi connectivity index (χ2v) is 9.63. The van der Waals surface area contributed by atoms with Crippen LogP contribution in [0.25, 0.3) is 0 Å². The highest BCUT2D eigenvalue weighted by molar-refractivity contribution is 7.99. The van der Waals surface area contributed by atoms with Gasteiger partial charge in [0.15, 0.2) is 16.8 Å². The van der Waals surface area contributed by atoms with E-state index in [0.29, 0.717) is 39.4 Å². The number of nitrogens with zero attached hydrogens (tertiary/aromatic N) is 3. The summed E-state index contributed by atoms with van der Waals surface area (Å²) in [5.74, 6) is 1.21. The molecule has 0 aliphatic carbocycles. The van der Waals surface area contributed by atoms with Gasteiger partial charge in [0.1, 0.15) is 5.75 Å². The number of thioether (sulfide) groups is 1. The summed E-state index contributed by atoms with van der Waals surface area (Å²) in [5.41, 5.74) is 0.933. The molecule has 2 aromatic carbocycles. The highest BCUT2D eigenvalue weighted by Gasteiger charge is 2.27. The molecular weight excluding hydrogens is 495 g/mol. The van der Waals surface area contributed by atoms with Crippen molar-refractivity contribution in [3.63, 3.8) is 0 Å². The molecule has 3 rings (SSSR count). The molecule has 1 aromatic heterocycles. The van der Waals surface area contributed by atoms with Gasteiger partial charge in [-0.05, 0) is 55.3 Å². The van der Waals surface area contributed by atoms with Gasteiger partial charge in [-0.25, -0.2) is 0 Å². The number of methoxy groups -OCH3 is 1. The van der Waals surface area contributed by atoms with E-state index in [1.165, 1.54) is 17.8 Å². The van der Waals surface area contributed by atoms with Crippen molar-refractivity contribution in [1.82, 2.24) is 20.1 Å². The standard InChI is InChI=1S/C24H26Cl2N4O3S/c1-5-30-22(21(14(2)3)27-23(32)18-11-8-16(25)12-19(18)26)28-29-24(30)34-13-20(31)15-6-9-17(33-4)10-7-15/h6-12,14,21H,5,13H2,1-4H3,(H,27,32)/t21-/m0/s1. The molecule has 1 N–H and O–H groups in total. The van der Waals surface area contributed by atoms with Crippen LogP contribution in [-0.4, -0.2) is 39.3 Å². The topological polar surface area (TPSA) is 86.1 Å².